The van der Waals surface area contributed by atoms with Crippen LogP contribution in [0.25, 0.3) is 99.9 Å². The first-order valence-corrected chi connectivity index (χ1v) is 19.6. The molecule has 0 N–H and O–H groups in total. The Morgan fingerprint density at radius 3 is 1.42 bits per heavy atom. The third-order valence-electron chi connectivity index (χ3n) is 11.9. The van der Waals surface area contributed by atoms with Gasteiger partial charge in [-0.1, -0.05) is 184 Å². The van der Waals surface area contributed by atoms with Gasteiger partial charge < -0.3 is 0 Å². The van der Waals surface area contributed by atoms with Crippen LogP contribution in [0.15, 0.2) is 188 Å². The van der Waals surface area contributed by atoms with Gasteiger partial charge in [-0.3, -0.25) is 0 Å². The van der Waals surface area contributed by atoms with Crippen molar-refractivity contribution in [1.82, 2.24) is 15.0 Å². The lowest BCUT2D eigenvalue weighted by Gasteiger charge is -2.25. The Morgan fingerprint density at radius 2 is 0.754 bits per heavy atom. The van der Waals surface area contributed by atoms with Gasteiger partial charge in [-0.05, 0) is 95.0 Å². The molecule has 3 heteroatoms. The molecule has 1 aliphatic carbocycles. The van der Waals surface area contributed by atoms with Crippen LogP contribution in [-0.2, 0) is 5.41 Å². The zero-order valence-electron chi connectivity index (χ0n) is 31.7. The van der Waals surface area contributed by atoms with Gasteiger partial charge >= 0.3 is 0 Å². The van der Waals surface area contributed by atoms with Crippen LogP contribution in [-0.4, -0.2) is 15.0 Å². The van der Waals surface area contributed by atoms with Crippen LogP contribution in [0.3, 0.4) is 0 Å². The fourth-order valence-corrected chi connectivity index (χ4v) is 9.15. The van der Waals surface area contributed by atoms with Crippen LogP contribution < -0.4 is 0 Å². The van der Waals surface area contributed by atoms with Crippen molar-refractivity contribution in [3.05, 3.63) is 199 Å². The molecule has 9 aromatic carbocycles. The second kappa shape index (κ2) is 12.9. The van der Waals surface area contributed by atoms with Crippen molar-refractivity contribution in [2.24, 2.45) is 0 Å². The highest BCUT2D eigenvalue weighted by atomic mass is 15.0. The molecule has 0 radical (unpaired) electrons. The maximum absolute atomic E-state index is 5.21. The lowest BCUT2D eigenvalue weighted by molar-refractivity contribution is 0.662. The molecule has 10 aromatic rings. The fourth-order valence-electron chi connectivity index (χ4n) is 9.15. The molecule has 268 valence electrons. The van der Waals surface area contributed by atoms with Crippen LogP contribution in [0, 0.1) is 0 Å². The lowest BCUT2D eigenvalue weighted by atomic mass is 9.78. The van der Waals surface area contributed by atoms with Gasteiger partial charge in [0.1, 0.15) is 0 Å². The Bertz CT molecular complexity index is 3170. The number of aromatic nitrogens is 3. The molecule has 0 aliphatic heterocycles. The normalized spacial score (nSPS) is 12.9. The Hall–Kier alpha value is -7.23. The second-order valence-electron chi connectivity index (χ2n) is 15.6. The van der Waals surface area contributed by atoms with Crippen LogP contribution in [0.1, 0.15) is 25.0 Å². The van der Waals surface area contributed by atoms with Crippen LogP contribution in [0.4, 0.5) is 0 Å². The second-order valence-corrected chi connectivity index (χ2v) is 15.6. The first-order chi connectivity index (χ1) is 28.0. The van der Waals surface area contributed by atoms with Gasteiger partial charge in [0.15, 0.2) is 17.5 Å². The topological polar surface area (TPSA) is 38.7 Å². The third-order valence-corrected chi connectivity index (χ3v) is 11.9. The molecule has 57 heavy (non-hydrogen) atoms. The maximum Gasteiger partial charge on any atom is 0.164 e. The summed E-state index contributed by atoms with van der Waals surface area (Å²) in [5, 5.41) is 7.36. The number of fused-ring (bicyclic) bond motifs is 9. The van der Waals surface area contributed by atoms with E-state index < -0.39 is 0 Å². The highest BCUT2D eigenvalue weighted by molar-refractivity contribution is 6.25. The standard InChI is InChI=1S/C54H37N3/c1-54(2)49-33-37(27-30-46(49)47-26-14-25-40(50(47)54)34-15-5-3-6-16-34)36-19-13-20-38(31-36)52-55-51(35-17-7-4-8-18-35)56-53(57-52)39-28-29-45-43-23-10-9-21-41(43)42-22-11-12-24-44(42)48(45)32-39/h3-33H,1-2H3. The monoisotopic (exact) mass is 727 g/mol. The molecule has 1 aromatic heterocycles. The highest BCUT2D eigenvalue weighted by Crippen LogP contribution is 2.53. The van der Waals surface area contributed by atoms with E-state index in [0.717, 1.165) is 22.3 Å². The van der Waals surface area contributed by atoms with E-state index in [1.165, 1.54) is 71.3 Å². The van der Waals surface area contributed by atoms with Crippen LogP contribution in [0.2, 0.25) is 0 Å². The first kappa shape index (κ1) is 33.1. The van der Waals surface area contributed by atoms with Crippen molar-refractivity contribution in [2.45, 2.75) is 19.3 Å². The average Bonchev–Trinajstić information content (AvgIpc) is 3.52. The van der Waals surface area contributed by atoms with Gasteiger partial charge in [-0.2, -0.15) is 0 Å². The van der Waals surface area contributed by atoms with Gasteiger partial charge in [-0.25, -0.2) is 15.0 Å². The summed E-state index contributed by atoms with van der Waals surface area (Å²) in [5.41, 5.74) is 12.9. The van der Waals surface area contributed by atoms with Crippen molar-refractivity contribution < 1.29 is 0 Å². The first-order valence-electron chi connectivity index (χ1n) is 19.6. The molecule has 11 rings (SSSR count). The molecule has 0 amide bonds. The molecule has 0 bridgehead atoms. The predicted molar refractivity (Wildman–Crippen MR) is 237 cm³/mol. The molecule has 0 saturated carbocycles. The smallest absolute Gasteiger partial charge is 0.164 e. The summed E-state index contributed by atoms with van der Waals surface area (Å²) < 4.78 is 0. The zero-order chi connectivity index (χ0) is 38.1. The molecule has 1 aliphatic rings. The summed E-state index contributed by atoms with van der Waals surface area (Å²) in [5.74, 6) is 1.94. The van der Waals surface area contributed by atoms with Crippen LogP contribution >= 0.6 is 0 Å². The van der Waals surface area contributed by atoms with E-state index in [1.54, 1.807) is 0 Å². The van der Waals surface area contributed by atoms with E-state index in [2.05, 4.69) is 184 Å². The summed E-state index contributed by atoms with van der Waals surface area (Å²) in [4.78, 5) is 15.4. The summed E-state index contributed by atoms with van der Waals surface area (Å²) in [7, 11) is 0. The van der Waals surface area contributed by atoms with Gasteiger partial charge in [0.2, 0.25) is 0 Å². The summed E-state index contributed by atoms with van der Waals surface area (Å²) in [6, 6.07) is 67.3. The SMILES string of the molecule is CC1(C)c2cc(-c3cccc(-c4nc(-c5ccccc5)nc(-c5ccc6c7ccccc7c7ccccc7c6c5)n4)c3)ccc2-c2cccc(-c3ccccc3)c21. The molecule has 0 saturated heterocycles. The molecular weight excluding hydrogens is 691 g/mol. The third kappa shape index (κ3) is 5.38. The molecule has 1 heterocycles. The van der Waals surface area contributed by atoms with Crippen molar-refractivity contribution in [3.63, 3.8) is 0 Å². The quantitative estimate of drug-likeness (QED) is 0.166. The minimum atomic E-state index is -0.171. The van der Waals surface area contributed by atoms with Crippen molar-refractivity contribution in [2.75, 3.05) is 0 Å². The Balaban J connectivity index is 1.03. The van der Waals surface area contributed by atoms with Gasteiger partial charge in [0.05, 0.1) is 0 Å². The minimum absolute atomic E-state index is 0.171. The number of rotatable bonds is 5. The van der Waals surface area contributed by atoms with Crippen LogP contribution in [0.5, 0.6) is 0 Å². The fraction of sp³-hybridized carbons (Fsp3) is 0.0556. The van der Waals surface area contributed by atoms with E-state index in [9.17, 15) is 0 Å². The van der Waals surface area contributed by atoms with Crippen molar-refractivity contribution in [3.8, 4) is 67.5 Å². The maximum atomic E-state index is 5.21. The van der Waals surface area contributed by atoms with Crippen molar-refractivity contribution in [1.29, 1.82) is 0 Å². The van der Waals surface area contributed by atoms with E-state index in [0.29, 0.717) is 17.5 Å². The highest BCUT2D eigenvalue weighted by Gasteiger charge is 2.37. The van der Waals surface area contributed by atoms with Gasteiger partial charge in [0, 0.05) is 22.1 Å². The zero-order valence-corrected chi connectivity index (χ0v) is 31.7. The summed E-state index contributed by atoms with van der Waals surface area (Å²) in [6.07, 6.45) is 0. The largest absolute Gasteiger partial charge is 0.208 e. The number of hydrogen-bond donors (Lipinski definition) is 0. The van der Waals surface area contributed by atoms with E-state index >= 15 is 0 Å². The van der Waals surface area contributed by atoms with Gasteiger partial charge in [0.25, 0.3) is 0 Å². The molecule has 3 nitrogen and oxygen atoms in total. The lowest BCUT2D eigenvalue weighted by Crippen LogP contribution is -2.16. The van der Waals surface area contributed by atoms with E-state index in [4.69, 9.17) is 15.0 Å². The van der Waals surface area contributed by atoms with Crippen molar-refractivity contribution >= 4 is 32.3 Å². The van der Waals surface area contributed by atoms with E-state index in [1.807, 2.05) is 18.2 Å². The molecular formula is C54H37N3. The Kier molecular flexibility index (Phi) is 7.52. The molecule has 0 fully saturated rings. The predicted octanol–water partition coefficient (Wildman–Crippen LogP) is 14.0. The summed E-state index contributed by atoms with van der Waals surface area (Å²) >= 11 is 0. The van der Waals surface area contributed by atoms with E-state index in [-0.39, 0.29) is 5.41 Å². The Labute approximate surface area is 332 Å². The number of nitrogens with zero attached hydrogens (tertiary/aromatic N) is 3. The molecule has 0 unspecified atom stereocenters. The van der Waals surface area contributed by atoms with Gasteiger partial charge in [-0.15, -0.1) is 0 Å². The number of hydrogen-bond acceptors (Lipinski definition) is 3. The molecule has 0 spiro atoms. The average molecular weight is 728 g/mol. The summed E-state index contributed by atoms with van der Waals surface area (Å²) in [6.45, 7) is 4.72. The number of benzene rings is 9. The Morgan fingerprint density at radius 1 is 0.298 bits per heavy atom. The minimum Gasteiger partial charge on any atom is -0.208 e. The molecule has 0 atom stereocenters.